The molecule has 74 valence electrons. The van der Waals surface area contributed by atoms with E-state index in [-0.39, 0.29) is 18.1 Å². The molecule has 0 aliphatic rings. The zero-order chi connectivity index (χ0) is 10.2. The van der Waals surface area contributed by atoms with Crippen molar-refractivity contribution in [3.05, 3.63) is 0 Å². The lowest BCUT2D eigenvalue weighted by Crippen LogP contribution is -2.29. The standard InChI is InChI=1S/C7H15NO2.C2H6/c1-7(2,3)10-5-6(9)8-4;1-2/h5H2,1-4H3,(H,8,9);1-2H3. The van der Waals surface area contributed by atoms with Crippen LogP contribution in [0.4, 0.5) is 0 Å². The first-order valence-corrected chi connectivity index (χ1v) is 4.30. The van der Waals surface area contributed by atoms with Crippen LogP contribution in [-0.4, -0.2) is 25.2 Å². The highest BCUT2D eigenvalue weighted by atomic mass is 16.5. The third-order valence-electron chi connectivity index (χ3n) is 0.915. The molecule has 1 amide bonds. The summed E-state index contributed by atoms with van der Waals surface area (Å²) in [5.74, 6) is -0.0880. The highest BCUT2D eigenvalue weighted by Crippen LogP contribution is 2.05. The minimum absolute atomic E-state index is 0.0880. The van der Waals surface area contributed by atoms with Crippen LogP contribution in [-0.2, 0) is 9.53 Å². The normalized spacial score (nSPS) is 9.83. The molecule has 0 bridgehead atoms. The van der Waals surface area contributed by atoms with Gasteiger partial charge in [-0.1, -0.05) is 13.8 Å². The molecular formula is C9H21NO2. The van der Waals surface area contributed by atoms with Gasteiger partial charge in [0.25, 0.3) is 0 Å². The van der Waals surface area contributed by atoms with Gasteiger partial charge in [-0.2, -0.15) is 0 Å². The molecule has 0 heterocycles. The molecule has 12 heavy (non-hydrogen) atoms. The Hall–Kier alpha value is -0.570. The predicted molar refractivity (Wildman–Crippen MR) is 51.1 cm³/mol. The predicted octanol–water partition coefficient (Wildman–Crippen LogP) is 1.57. The maximum Gasteiger partial charge on any atom is 0.245 e. The van der Waals surface area contributed by atoms with Gasteiger partial charge in [0.2, 0.25) is 5.91 Å². The Bertz CT molecular complexity index is 116. The molecule has 0 fully saturated rings. The third-order valence-corrected chi connectivity index (χ3v) is 0.915. The van der Waals surface area contributed by atoms with Crippen molar-refractivity contribution in [3.8, 4) is 0 Å². The molecule has 0 saturated carbocycles. The highest BCUT2D eigenvalue weighted by molar-refractivity contribution is 5.76. The third kappa shape index (κ3) is 12.1. The lowest BCUT2D eigenvalue weighted by molar-refractivity contribution is -0.130. The quantitative estimate of drug-likeness (QED) is 0.692. The molecule has 0 rings (SSSR count). The fraction of sp³-hybridized carbons (Fsp3) is 0.889. The Balaban J connectivity index is 0. The van der Waals surface area contributed by atoms with Crippen molar-refractivity contribution in [1.29, 1.82) is 0 Å². The van der Waals surface area contributed by atoms with E-state index < -0.39 is 0 Å². The largest absolute Gasteiger partial charge is 0.366 e. The van der Waals surface area contributed by atoms with Crippen LogP contribution in [0.25, 0.3) is 0 Å². The van der Waals surface area contributed by atoms with E-state index in [1.54, 1.807) is 7.05 Å². The summed E-state index contributed by atoms with van der Waals surface area (Å²) >= 11 is 0. The number of carbonyl (C=O) groups excluding carboxylic acids is 1. The second-order valence-corrected chi connectivity index (χ2v) is 3.07. The van der Waals surface area contributed by atoms with Crippen molar-refractivity contribution < 1.29 is 9.53 Å². The maximum atomic E-state index is 10.6. The fourth-order valence-electron chi connectivity index (χ4n) is 0.354. The zero-order valence-corrected chi connectivity index (χ0v) is 9.02. The average molecular weight is 175 g/mol. The summed E-state index contributed by atoms with van der Waals surface area (Å²) in [6.07, 6.45) is 0. The Kier molecular flexibility index (Phi) is 8.27. The van der Waals surface area contributed by atoms with Gasteiger partial charge >= 0.3 is 0 Å². The topological polar surface area (TPSA) is 38.3 Å². The number of likely N-dealkylation sites (N-methyl/N-ethyl adjacent to an activating group) is 1. The van der Waals surface area contributed by atoms with Gasteiger partial charge in [-0.05, 0) is 20.8 Å². The van der Waals surface area contributed by atoms with Gasteiger partial charge in [0.05, 0.1) is 5.60 Å². The van der Waals surface area contributed by atoms with Crippen LogP contribution >= 0.6 is 0 Å². The molecule has 0 radical (unpaired) electrons. The molecule has 0 aromatic carbocycles. The summed E-state index contributed by atoms with van der Waals surface area (Å²) in [6, 6.07) is 0. The van der Waals surface area contributed by atoms with E-state index in [0.29, 0.717) is 0 Å². The van der Waals surface area contributed by atoms with Crippen LogP contribution in [0.5, 0.6) is 0 Å². The number of hydrogen-bond donors (Lipinski definition) is 1. The second-order valence-electron chi connectivity index (χ2n) is 3.07. The van der Waals surface area contributed by atoms with Crippen molar-refractivity contribution in [3.63, 3.8) is 0 Å². The molecular weight excluding hydrogens is 154 g/mol. The molecule has 0 saturated heterocycles. The first-order valence-electron chi connectivity index (χ1n) is 4.30. The number of hydrogen-bond acceptors (Lipinski definition) is 2. The summed E-state index contributed by atoms with van der Waals surface area (Å²) in [6.45, 7) is 9.88. The van der Waals surface area contributed by atoms with Crippen LogP contribution in [0.2, 0.25) is 0 Å². The van der Waals surface area contributed by atoms with Crippen LogP contribution < -0.4 is 5.32 Å². The van der Waals surface area contributed by atoms with E-state index >= 15 is 0 Å². The molecule has 1 N–H and O–H groups in total. The van der Waals surface area contributed by atoms with Crippen LogP contribution in [0, 0.1) is 0 Å². The lowest BCUT2D eigenvalue weighted by atomic mass is 10.2. The van der Waals surface area contributed by atoms with E-state index in [0.717, 1.165) is 0 Å². The van der Waals surface area contributed by atoms with Crippen molar-refractivity contribution in [2.45, 2.75) is 40.2 Å². The number of carbonyl (C=O) groups is 1. The van der Waals surface area contributed by atoms with Crippen LogP contribution in [0.1, 0.15) is 34.6 Å². The number of nitrogens with one attached hydrogen (secondary N) is 1. The second kappa shape index (κ2) is 7.10. The zero-order valence-electron chi connectivity index (χ0n) is 9.02. The summed E-state index contributed by atoms with van der Waals surface area (Å²) in [7, 11) is 1.59. The molecule has 0 aliphatic carbocycles. The van der Waals surface area contributed by atoms with Gasteiger partial charge in [0, 0.05) is 7.05 Å². The van der Waals surface area contributed by atoms with Gasteiger partial charge in [-0.25, -0.2) is 0 Å². The van der Waals surface area contributed by atoms with E-state index in [1.807, 2.05) is 34.6 Å². The molecule has 0 atom stereocenters. The van der Waals surface area contributed by atoms with E-state index in [1.165, 1.54) is 0 Å². The van der Waals surface area contributed by atoms with E-state index in [2.05, 4.69) is 5.32 Å². The molecule has 0 spiro atoms. The molecule has 0 aromatic heterocycles. The van der Waals surface area contributed by atoms with Gasteiger partial charge in [-0.3, -0.25) is 4.79 Å². The molecule has 0 aliphatic heterocycles. The minimum Gasteiger partial charge on any atom is -0.366 e. The Labute approximate surface area is 75.5 Å². The number of ether oxygens (including phenoxy) is 1. The molecule has 3 heteroatoms. The van der Waals surface area contributed by atoms with Crippen molar-refractivity contribution in [2.24, 2.45) is 0 Å². The lowest BCUT2D eigenvalue weighted by Gasteiger charge is -2.18. The van der Waals surface area contributed by atoms with Gasteiger partial charge in [0.1, 0.15) is 6.61 Å². The fourth-order valence-corrected chi connectivity index (χ4v) is 0.354. The SMILES string of the molecule is CC.CNC(=O)COC(C)(C)C. The first kappa shape index (κ1) is 14.0. The van der Waals surface area contributed by atoms with Gasteiger partial charge in [0.15, 0.2) is 0 Å². The van der Waals surface area contributed by atoms with E-state index in [9.17, 15) is 4.79 Å². The summed E-state index contributed by atoms with van der Waals surface area (Å²) in [4.78, 5) is 10.6. The Morgan fingerprint density at radius 1 is 1.33 bits per heavy atom. The smallest absolute Gasteiger partial charge is 0.245 e. The van der Waals surface area contributed by atoms with Gasteiger partial charge < -0.3 is 10.1 Å². The maximum absolute atomic E-state index is 10.6. The molecule has 0 aromatic rings. The van der Waals surface area contributed by atoms with E-state index in [4.69, 9.17) is 4.74 Å². The minimum atomic E-state index is -0.230. The van der Waals surface area contributed by atoms with Crippen LogP contribution in [0.15, 0.2) is 0 Å². The molecule has 3 nitrogen and oxygen atoms in total. The molecule has 0 unspecified atom stereocenters. The van der Waals surface area contributed by atoms with Crippen molar-refractivity contribution in [2.75, 3.05) is 13.7 Å². The summed E-state index contributed by atoms with van der Waals surface area (Å²) in [5, 5.41) is 2.47. The van der Waals surface area contributed by atoms with Crippen LogP contribution in [0.3, 0.4) is 0 Å². The summed E-state index contributed by atoms with van der Waals surface area (Å²) in [5.41, 5.74) is -0.230. The van der Waals surface area contributed by atoms with Crippen molar-refractivity contribution >= 4 is 5.91 Å². The summed E-state index contributed by atoms with van der Waals surface area (Å²) < 4.78 is 5.17. The number of rotatable bonds is 2. The monoisotopic (exact) mass is 175 g/mol. The highest BCUT2D eigenvalue weighted by Gasteiger charge is 2.11. The first-order chi connectivity index (χ1) is 5.45. The number of amides is 1. The van der Waals surface area contributed by atoms with Gasteiger partial charge in [-0.15, -0.1) is 0 Å². The Morgan fingerprint density at radius 2 is 1.75 bits per heavy atom. The Morgan fingerprint density at radius 3 is 2.00 bits per heavy atom. The average Bonchev–Trinajstić information content (AvgIpc) is 2.03. The van der Waals surface area contributed by atoms with Crippen molar-refractivity contribution in [1.82, 2.24) is 5.32 Å².